The van der Waals surface area contributed by atoms with Crippen LogP contribution >= 0.6 is 23.5 Å². The Hall–Kier alpha value is -1.70. The van der Waals surface area contributed by atoms with Crippen LogP contribution in [0.15, 0.2) is 12.1 Å². The van der Waals surface area contributed by atoms with Gasteiger partial charge in [0.1, 0.15) is 0 Å². The van der Waals surface area contributed by atoms with Crippen LogP contribution in [0.5, 0.6) is 17.2 Å². The monoisotopic (exact) mass is 338 g/mol. The quantitative estimate of drug-likeness (QED) is 0.777. The summed E-state index contributed by atoms with van der Waals surface area (Å²) in [5.41, 5.74) is 0.893. The molecule has 0 fully saturated rings. The predicted molar refractivity (Wildman–Crippen MR) is 89.6 cm³/mol. The molecule has 0 heterocycles. The van der Waals surface area contributed by atoms with Gasteiger partial charge < -0.3 is 14.6 Å². The highest BCUT2D eigenvalue weighted by Crippen LogP contribution is 2.44. The van der Waals surface area contributed by atoms with Crippen molar-refractivity contribution in [1.82, 2.24) is 0 Å². The third-order valence-corrected chi connectivity index (χ3v) is 5.60. The highest BCUT2D eigenvalue weighted by molar-refractivity contribution is 8.03. The summed E-state index contributed by atoms with van der Waals surface area (Å²) >= 11 is 3.02. The Morgan fingerprint density at radius 2 is 1.59 bits per heavy atom. The van der Waals surface area contributed by atoms with Gasteiger partial charge in [-0.05, 0) is 17.7 Å². The molecule has 0 aliphatic carbocycles. The lowest BCUT2D eigenvalue weighted by atomic mass is 10.1. The van der Waals surface area contributed by atoms with Crippen LogP contribution in [0.25, 0.3) is 0 Å². The molecule has 118 valence electrons. The van der Waals surface area contributed by atoms with Crippen LogP contribution in [0, 0.1) is 22.7 Å². The Labute approximate surface area is 139 Å². The maximum atomic E-state index is 9.99. The molecule has 1 aromatic rings. The van der Waals surface area contributed by atoms with Crippen molar-refractivity contribution >= 4 is 23.5 Å². The van der Waals surface area contributed by atoms with Crippen LogP contribution in [0.2, 0.25) is 0 Å². The van der Waals surface area contributed by atoms with Gasteiger partial charge in [-0.15, -0.1) is 23.5 Å². The van der Waals surface area contributed by atoms with Gasteiger partial charge in [-0.25, -0.2) is 0 Å². The molecule has 1 aromatic carbocycles. The van der Waals surface area contributed by atoms with Crippen molar-refractivity contribution in [3.63, 3.8) is 0 Å². The number of phenols is 1. The zero-order valence-corrected chi connectivity index (χ0v) is 14.3. The van der Waals surface area contributed by atoms with Crippen LogP contribution in [0.4, 0.5) is 0 Å². The first kappa shape index (κ1) is 18.3. The summed E-state index contributed by atoms with van der Waals surface area (Å²) in [7, 11) is 2.95. The van der Waals surface area contributed by atoms with E-state index in [1.54, 1.807) is 12.1 Å². The molecule has 7 heteroatoms. The van der Waals surface area contributed by atoms with Gasteiger partial charge >= 0.3 is 0 Å². The van der Waals surface area contributed by atoms with Crippen LogP contribution in [-0.2, 0) is 0 Å². The van der Waals surface area contributed by atoms with E-state index in [-0.39, 0.29) is 16.2 Å². The van der Waals surface area contributed by atoms with Gasteiger partial charge in [0.25, 0.3) is 0 Å². The van der Waals surface area contributed by atoms with E-state index in [9.17, 15) is 5.11 Å². The molecule has 5 nitrogen and oxygen atoms in total. The van der Waals surface area contributed by atoms with E-state index in [1.165, 1.54) is 37.7 Å². The number of phenolic OH excluding ortho intramolecular Hbond substituents is 1. The first-order chi connectivity index (χ1) is 10.6. The second kappa shape index (κ2) is 9.34. The maximum Gasteiger partial charge on any atom is 0.200 e. The summed E-state index contributed by atoms with van der Waals surface area (Å²) in [6.45, 7) is 2.02. The summed E-state index contributed by atoms with van der Waals surface area (Å²) in [6.07, 6.45) is 0. The normalized spacial score (nSPS) is 12.8. The Morgan fingerprint density at radius 3 is 2.05 bits per heavy atom. The average Bonchev–Trinajstić information content (AvgIpc) is 2.54. The second-order valence-corrected chi connectivity index (χ2v) is 6.83. The minimum Gasteiger partial charge on any atom is -0.502 e. The molecular weight excluding hydrogens is 320 g/mol. The van der Waals surface area contributed by atoms with Crippen molar-refractivity contribution in [3.05, 3.63) is 17.7 Å². The molecule has 0 aliphatic rings. The Kier molecular flexibility index (Phi) is 7.79. The molecule has 0 radical (unpaired) electrons. The molecular formula is C15H18N2O3S2. The van der Waals surface area contributed by atoms with Crippen molar-refractivity contribution in [2.75, 3.05) is 25.7 Å². The maximum absolute atomic E-state index is 9.99. The Morgan fingerprint density at radius 1 is 1.09 bits per heavy atom. The fourth-order valence-corrected chi connectivity index (χ4v) is 3.96. The molecule has 1 rings (SSSR count). The zero-order chi connectivity index (χ0) is 16.5. The number of thioether (sulfide) groups is 2. The summed E-state index contributed by atoms with van der Waals surface area (Å²) < 4.78 is 10.4. The number of aromatic hydroxyl groups is 1. The molecule has 0 saturated heterocycles. The fraction of sp³-hybridized carbons (Fsp3) is 0.467. The Balaban J connectivity index is 3.18. The molecule has 1 N–H and O–H groups in total. The Bertz CT molecular complexity index is 556. The lowest BCUT2D eigenvalue weighted by Gasteiger charge is -2.23. The summed E-state index contributed by atoms with van der Waals surface area (Å²) in [5, 5.41) is 27.7. The number of nitrogens with zero attached hydrogens (tertiary/aromatic N) is 2. The largest absolute Gasteiger partial charge is 0.502 e. The van der Waals surface area contributed by atoms with Crippen molar-refractivity contribution in [3.8, 4) is 29.4 Å². The molecule has 0 bridgehead atoms. The van der Waals surface area contributed by atoms with Gasteiger partial charge in [0.2, 0.25) is 5.75 Å². The molecule has 2 unspecified atom stereocenters. The molecule has 0 saturated carbocycles. The first-order valence-corrected chi connectivity index (χ1v) is 8.60. The van der Waals surface area contributed by atoms with E-state index >= 15 is 0 Å². The zero-order valence-electron chi connectivity index (χ0n) is 12.7. The fourth-order valence-electron chi connectivity index (χ4n) is 1.96. The van der Waals surface area contributed by atoms with E-state index in [2.05, 4.69) is 12.1 Å². The third-order valence-electron chi connectivity index (χ3n) is 3.00. The predicted octanol–water partition coefficient (Wildman–Crippen LogP) is 3.35. The SMILES string of the molecule is COc1cc(C(SCC#N)C(C)SCC#N)cc(OC)c1O. The highest BCUT2D eigenvalue weighted by Gasteiger charge is 2.23. The number of hydrogen-bond donors (Lipinski definition) is 1. The number of methoxy groups -OCH3 is 2. The van der Waals surface area contributed by atoms with Crippen LogP contribution in [0.1, 0.15) is 17.7 Å². The van der Waals surface area contributed by atoms with E-state index in [4.69, 9.17) is 20.0 Å². The molecule has 2 atom stereocenters. The molecule has 0 amide bonds. The van der Waals surface area contributed by atoms with E-state index in [1.807, 2.05) is 6.92 Å². The van der Waals surface area contributed by atoms with E-state index < -0.39 is 0 Å². The van der Waals surface area contributed by atoms with Gasteiger partial charge in [-0.1, -0.05) is 6.92 Å². The molecule has 22 heavy (non-hydrogen) atoms. The third kappa shape index (κ3) is 4.66. The minimum atomic E-state index is -0.0462. The van der Waals surface area contributed by atoms with E-state index in [0.717, 1.165) is 5.56 Å². The summed E-state index contributed by atoms with van der Waals surface area (Å²) in [4.78, 5) is 0. The second-order valence-electron chi connectivity index (χ2n) is 4.34. The topological polar surface area (TPSA) is 86.3 Å². The van der Waals surface area contributed by atoms with Crippen LogP contribution in [0.3, 0.4) is 0 Å². The van der Waals surface area contributed by atoms with Crippen molar-refractivity contribution < 1.29 is 14.6 Å². The van der Waals surface area contributed by atoms with Crippen LogP contribution in [-0.4, -0.2) is 36.1 Å². The number of nitriles is 2. The smallest absolute Gasteiger partial charge is 0.200 e. The van der Waals surface area contributed by atoms with Gasteiger partial charge in [0, 0.05) is 10.5 Å². The standard InChI is InChI=1S/C15H18N2O3S2/c1-10(21-6-4-16)15(22-7-5-17)11-8-12(19-2)14(18)13(9-11)20-3/h8-10,15,18H,6-7H2,1-3H3. The summed E-state index contributed by atoms with van der Waals surface area (Å²) in [6, 6.07) is 7.73. The molecule has 0 aromatic heterocycles. The van der Waals surface area contributed by atoms with E-state index in [0.29, 0.717) is 23.0 Å². The lowest BCUT2D eigenvalue weighted by Crippen LogP contribution is -2.10. The first-order valence-electron chi connectivity index (χ1n) is 6.51. The number of ether oxygens (including phenoxy) is 2. The molecule has 0 spiro atoms. The van der Waals surface area contributed by atoms with Crippen molar-refractivity contribution in [1.29, 1.82) is 10.5 Å². The van der Waals surface area contributed by atoms with Gasteiger partial charge in [0.05, 0.1) is 37.9 Å². The number of hydrogen-bond acceptors (Lipinski definition) is 7. The average molecular weight is 338 g/mol. The minimum absolute atomic E-state index is 0.0126. The van der Waals surface area contributed by atoms with Gasteiger partial charge in [-0.2, -0.15) is 10.5 Å². The number of rotatable bonds is 8. The molecule has 0 aliphatic heterocycles. The van der Waals surface area contributed by atoms with Gasteiger partial charge in [-0.3, -0.25) is 0 Å². The number of benzene rings is 1. The summed E-state index contributed by atoms with van der Waals surface area (Å²) in [5.74, 6) is 1.34. The van der Waals surface area contributed by atoms with Crippen LogP contribution < -0.4 is 9.47 Å². The lowest BCUT2D eigenvalue weighted by molar-refractivity contribution is 0.339. The highest BCUT2D eigenvalue weighted by atomic mass is 32.2. The van der Waals surface area contributed by atoms with Crippen molar-refractivity contribution in [2.24, 2.45) is 0 Å². The van der Waals surface area contributed by atoms with Gasteiger partial charge in [0.15, 0.2) is 11.5 Å². The van der Waals surface area contributed by atoms with Crippen molar-refractivity contribution in [2.45, 2.75) is 17.4 Å².